The van der Waals surface area contributed by atoms with E-state index >= 15 is 0 Å². The molecule has 0 fully saturated rings. The molecule has 0 aliphatic rings. The summed E-state index contributed by atoms with van der Waals surface area (Å²) in [6.07, 6.45) is 0. The SMILES string of the molecule is Cc1cc2c3c(cc(C)n2-c2ccccc2)cc(=O)cc3o1. The van der Waals surface area contributed by atoms with Crippen molar-refractivity contribution < 1.29 is 4.42 Å². The predicted molar refractivity (Wildman–Crippen MR) is 88.8 cm³/mol. The Kier molecular flexibility index (Phi) is 2.70. The number of para-hydroxylation sites is 1. The van der Waals surface area contributed by atoms with Crippen LogP contribution in [0.4, 0.5) is 0 Å². The summed E-state index contributed by atoms with van der Waals surface area (Å²) in [6, 6.07) is 17.5. The van der Waals surface area contributed by atoms with Gasteiger partial charge >= 0.3 is 0 Å². The Hall–Kier alpha value is -2.81. The first-order chi connectivity index (χ1) is 10.6. The zero-order valence-corrected chi connectivity index (χ0v) is 12.5. The molecule has 0 saturated carbocycles. The van der Waals surface area contributed by atoms with E-state index in [1.54, 1.807) is 12.1 Å². The van der Waals surface area contributed by atoms with E-state index in [1.807, 2.05) is 37.3 Å². The van der Waals surface area contributed by atoms with E-state index in [-0.39, 0.29) is 5.43 Å². The molecule has 2 heterocycles. The Labute approximate surface area is 127 Å². The van der Waals surface area contributed by atoms with Crippen LogP contribution >= 0.6 is 0 Å². The van der Waals surface area contributed by atoms with Gasteiger partial charge in [-0.25, -0.2) is 0 Å². The van der Waals surface area contributed by atoms with Gasteiger partial charge in [-0.2, -0.15) is 0 Å². The molecular formula is C19H15NO2. The number of hydrogen-bond donors (Lipinski definition) is 0. The minimum absolute atomic E-state index is 0.0278. The Balaban J connectivity index is 2.26. The van der Waals surface area contributed by atoms with Crippen LogP contribution in [-0.4, -0.2) is 4.57 Å². The van der Waals surface area contributed by atoms with Crippen molar-refractivity contribution in [3.05, 3.63) is 76.3 Å². The predicted octanol–water partition coefficient (Wildman–Crippen LogP) is 4.35. The van der Waals surface area contributed by atoms with Crippen LogP contribution in [-0.2, 0) is 0 Å². The normalized spacial score (nSPS) is 11.4. The second-order valence-electron chi connectivity index (χ2n) is 5.58. The minimum Gasteiger partial charge on any atom is -0.461 e. The topological polar surface area (TPSA) is 35.1 Å². The second-order valence-corrected chi connectivity index (χ2v) is 5.58. The maximum Gasteiger partial charge on any atom is 0.182 e. The molecule has 0 aliphatic carbocycles. The first kappa shape index (κ1) is 12.9. The average molecular weight is 289 g/mol. The quantitative estimate of drug-likeness (QED) is 0.522. The molecule has 0 bridgehead atoms. The largest absolute Gasteiger partial charge is 0.461 e. The summed E-state index contributed by atoms with van der Waals surface area (Å²) < 4.78 is 7.96. The number of pyridine rings is 1. The van der Waals surface area contributed by atoms with E-state index in [9.17, 15) is 4.79 Å². The molecule has 0 unspecified atom stereocenters. The Bertz CT molecular complexity index is 1030. The molecule has 3 heteroatoms. The Morgan fingerprint density at radius 2 is 1.73 bits per heavy atom. The molecule has 4 aromatic rings. The van der Waals surface area contributed by atoms with Gasteiger partial charge in [-0.3, -0.25) is 4.79 Å². The van der Waals surface area contributed by atoms with Crippen molar-refractivity contribution >= 4 is 21.9 Å². The molecule has 3 nitrogen and oxygen atoms in total. The minimum atomic E-state index is -0.0278. The van der Waals surface area contributed by atoms with Gasteiger partial charge in [-0.05, 0) is 43.5 Å². The lowest BCUT2D eigenvalue weighted by atomic mass is 10.1. The van der Waals surface area contributed by atoms with Crippen LogP contribution in [0.2, 0.25) is 0 Å². The first-order valence-electron chi connectivity index (χ1n) is 7.25. The highest BCUT2D eigenvalue weighted by Crippen LogP contribution is 2.30. The summed E-state index contributed by atoms with van der Waals surface area (Å²) in [4.78, 5) is 11.9. The number of hydrogen-bond acceptors (Lipinski definition) is 2. The fraction of sp³-hybridized carbons (Fsp3) is 0.105. The monoisotopic (exact) mass is 289 g/mol. The molecule has 0 spiro atoms. The van der Waals surface area contributed by atoms with E-state index < -0.39 is 0 Å². The molecular weight excluding hydrogens is 274 g/mol. The van der Waals surface area contributed by atoms with Crippen LogP contribution < -0.4 is 5.43 Å². The third-order valence-electron chi connectivity index (χ3n) is 3.95. The Morgan fingerprint density at radius 1 is 0.955 bits per heavy atom. The van der Waals surface area contributed by atoms with Gasteiger partial charge in [0, 0.05) is 28.9 Å². The summed E-state index contributed by atoms with van der Waals surface area (Å²) in [7, 11) is 0. The molecule has 0 saturated heterocycles. The van der Waals surface area contributed by atoms with Crippen molar-refractivity contribution in [3.63, 3.8) is 0 Å². The third kappa shape index (κ3) is 1.86. The fourth-order valence-corrected chi connectivity index (χ4v) is 3.12. The van der Waals surface area contributed by atoms with Crippen LogP contribution in [0, 0.1) is 13.8 Å². The summed E-state index contributed by atoms with van der Waals surface area (Å²) in [5.41, 5.74) is 3.85. The van der Waals surface area contributed by atoms with Crippen molar-refractivity contribution in [1.29, 1.82) is 0 Å². The number of rotatable bonds is 1. The molecule has 0 aliphatic heterocycles. The number of nitrogens with zero attached hydrogens (tertiary/aromatic N) is 1. The van der Waals surface area contributed by atoms with E-state index in [0.717, 1.165) is 33.4 Å². The van der Waals surface area contributed by atoms with Gasteiger partial charge in [0.25, 0.3) is 0 Å². The summed E-state index contributed by atoms with van der Waals surface area (Å²) in [5.74, 6) is 0.787. The molecule has 108 valence electrons. The van der Waals surface area contributed by atoms with Crippen molar-refractivity contribution in [1.82, 2.24) is 4.57 Å². The van der Waals surface area contributed by atoms with E-state index in [0.29, 0.717) is 5.58 Å². The van der Waals surface area contributed by atoms with Gasteiger partial charge in [0.05, 0.1) is 5.52 Å². The van der Waals surface area contributed by atoms with Crippen molar-refractivity contribution in [2.45, 2.75) is 13.8 Å². The molecule has 22 heavy (non-hydrogen) atoms. The van der Waals surface area contributed by atoms with Crippen LogP contribution in [0.1, 0.15) is 11.5 Å². The first-order valence-corrected chi connectivity index (χ1v) is 7.25. The maximum absolute atomic E-state index is 11.9. The molecule has 4 rings (SSSR count). The lowest BCUT2D eigenvalue weighted by Crippen LogP contribution is -2.05. The van der Waals surface area contributed by atoms with Crippen LogP contribution in [0.15, 0.2) is 63.8 Å². The van der Waals surface area contributed by atoms with Gasteiger partial charge in [-0.15, -0.1) is 0 Å². The van der Waals surface area contributed by atoms with E-state index in [4.69, 9.17) is 4.42 Å². The van der Waals surface area contributed by atoms with Gasteiger partial charge in [-0.1, -0.05) is 18.2 Å². The lowest BCUT2D eigenvalue weighted by Gasteiger charge is -2.17. The number of benzene rings is 2. The molecule has 0 atom stereocenters. The highest BCUT2D eigenvalue weighted by atomic mass is 16.3. The standard InChI is InChI=1S/C19H15NO2/c1-12-8-14-10-16(21)11-18-19(14)17(9-13(2)22-18)20(12)15-6-4-3-5-7-15/h3-11H,1-2H3. The highest BCUT2D eigenvalue weighted by Gasteiger charge is 2.13. The second kappa shape index (κ2) is 4.60. The molecule has 0 radical (unpaired) electrons. The third-order valence-corrected chi connectivity index (χ3v) is 3.95. The van der Waals surface area contributed by atoms with E-state index in [1.165, 1.54) is 0 Å². The number of aryl methyl sites for hydroxylation is 2. The van der Waals surface area contributed by atoms with Crippen molar-refractivity contribution in [3.8, 4) is 5.69 Å². The summed E-state index contributed by atoms with van der Waals surface area (Å²) in [5, 5.41) is 1.91. The lowest BCUT2D eigenvalue weighted by molar-refractivity contribution is 0.567. The average Bonchev–Trinajstić information content (AvgIpc) is 2.46. The number of aromatic nitrogens is 1. The summed E-state index contributed by atoms with van der Waals surface area (Å²) in [6.45, 7) is 3.96. The van der Waals surface area contributed by atoms with Gasteiger partial charge in [0.2, 0.25) is 0 Å². The maximum atomic E-state index is 11.9. The van der Waals surface area contributed by atoms with Crippen LogP contribution in [0.5, 0.6) is 0 Å². The molecule has 0 N–H and O–H groups in total. The molecule has 2 aromatic carbocycles. The van der Waals surface area contributed by atoms with Gasteiger partial charge < -0.3 is 8.98 Å². The summed E-state index contributed by atoms with van der Waals surface area (Å²) >= 11 is 0. The van der Waals surface area contributed by atoms with Gasteiger partial charge in [0.15, 0.2) is 5.43 Å². The van der Waals surface area contributed by atoms with Crippen LogP contribution in [0.25, 0.3) is 27.6 Å². The van der Waals surface area contributed by atoms with Crippen LogP contribution in [0.3, 0.4) is 0 Å². The molecule has 0 amide bonds. The zero-order valence-electron chi connectivity index (χ0n) is 12.5. The Morgan fingerprint density at radius 3 is 2.50 bits per heavy atom. The van der Waals surface area contributed by atoms with E-state index in [2.05, 4.69) is 23.6 Å². The van der Waals surface area contributed by atoms with Crippen molar-refractivity contribution in [2.24, 2.45) is 0 Å². The highest BCUT2D eigenvalue weighted by molar-refractivity contribution is 6.06. The smallest absolute Gasteiger partial charge is 0.182 e. The fourth-order valence-electron chi connectivity index (χ4n) is 3.12. The van der Waals surface area contributed by atoms with Gasteiger partial charge in [0.1, 0.15) is 11.3 Å². The van der Waals surface area contributed by atoms with Crippen molar-refractivity contribution in [2.75, 3.05) is 0 Å². The zero-order chi connectivity index (χ0) is 15.3. The molecule has 2 aromatic heterocycles.